The van der Waals surface area contributed by atoms with E-state index < -0.39 is 0 Å². The lowest BCUT2D eigenvalue weighted by atomic mass is 10.1. The number of rotatable bonds is 1. The maximum Gasteiger partial charge on any atom is 0.148 e. The second kappa shape index (κ2) is 3.15. The molecule has 0 bridgehead atoms. The summed E-state index contributed by atoms with van der Waals surface area (Å²) in [6, 6.07) is 0.791. The summed E-state index contributed by atoms with van der Waals surface area (Å²) >= 11 is 0. The number of piperazine rings is 1. The molecule has 0 aromatic rings. The van der Waals surface area contributed by atoms with Crippen LogP contribution in [0.3, 0.4) is 0 Å². The van der Waals surface area contributed by atoms with Gasteiger partial charge in [0.15, 0.2) is 0 Å². The van der Waals surface area contributed by atoms with Crippen LogP contribution in [0.25, 0.3) is 0 Å². The Morgan fingerprint density at radius 2 is 2.33 bits per heavy atom. The van der Waals surface area contributed by atoms with Crippen LogP contribution in [0.2, 0.25) is 0 Å². The Balaban J connectivity index is 2.08. The van der Waals surface area contributed by atoms with Gasteiger partial charge in [0.2, 0.25) is 0 Å². The van der Waals surface area contributed by atoms with E-state index in [1.807, 2.05) is 0 Å². The normalized spacial score (nSPS) is 36.4. The minimum atomic E-state index is 0.159. The van der Waals surface area contributed by atoms with E-state index in [9.17, 15) is 4.79 Å². The highest BCUT2D eigenvalue weighted by molar-refractivity contribution is 5.81. The van der Waals surface area contributed by atoms with Crippen LogP contribution in [-0.2, 0) is 4.79 Å². The van der Waals surface area contributed by atoms with Gasteiger partial charge < -0.3 is 5.32 Å². The lowest BCUT2D eigenvalue weighted by molar-refractivity contribution is -0.123. The molecule has 3 nitrogen and oxygen atoms in total. The molecule has 0 amide bonds. The second-order valence-electron chi connectivity index (χ2n) is 3.82. The molecule has 0 saturated carbocycles. The summed E-state index contributed by atoms with van der Waals surface area (Å²) in [6.45, 7) is 4.75. The molecule has 2 aliphatic rings. The molecule has 68 valence electrons. The molecule has 0 radical (unpaired) electrons. The quantitative estimate of drug-likeness (QED) is 0.598. The number of nitrogens with one attached hydrogen (secondary N) is 1. The van der Waals surface area contributed by atoms with Crippen LogP contribution in [0.5, 0.6) is 0 Å². The van der Waals surface area contributed by atoms with E-state index in [0.717, 1.165) is 19.6 Å². The number of ketones is 1. The van der Waals surface area contributed by atoms with Crippen LogP contribution >= 0.6 is 0 Å². The first-order valence-corrected chi connectivity index (χ1v) is 4.76. The lowest BCUT2D eigenvalue weighted by Gasteiger charge is -2.36. The van der Waals surface area contributed by atoms with E-state index in [1.54, 1.807) is 6.92 Å². The van der Waals surface area contributed by atoms with Crippen molar-refractivity contribution in [1.82, 2.24) is 10.2 Å². The number of nitrogens with zero attached hydrogens (tertiary/aromatic N) is 1. The number of fused-ring (bicyclic) bond motifs is 1. The Kier molecular flexibility index (Phi) is 2.15. The largest absolute Gasteiger partial charge is 0.313 e. The fourth-order valence-electron chi connectivity index (χ4n) is 2.37. The van der Waals surface area contributed by atoms with Crippen molar-refractivity contribution in [2.75, 3.05) is 19.6 Å². The smallest absolute Gasteiger partial charge is 0.148 e. The Morgan fingerprint density at radius 3 is 3.08 bits per heavy atom. The van der Waals surface area contributed by atoms with E-state index in [0.29, 0.717) is 11.8 Å². The minimum absolute atomic E-state index is 0.159. The van der Waals surface area contributed by atoms with E-state index in [1.165, 1.54) is 12.8 Å². The van der Waals surface area contributed by atoms with E-state index >= 15 is 0 Å². The van der Waals surface area contributed by atoms with Crippen molar-refractivity contribution in [3.63, 3.8) is 0 Å². The molecule has 3 heteroatoms. The highest BCUT2D eigenvalue weighted by atomic mass is 16.1. The first kappa shape index (κ1) is 8.20. The zero-order valence-corrected chi connectivity index (χ0v) is 7.55. The third kappa shape index (κ3) is 1.27. The van der Waals surface area contributed by atoms with E-state index in [2.05, 4.69) is 10.2 Å². The van der Waals surface area contributed by atoms with Gasteiger partial charge in [-0.2, -0.15) is 0 Å². The van der Waals surface area contributed by atoms with Crippen LogP contribution < -0.4 is 5.32 Å². The van der Waals surface area contributed by atoms with Crippen molar-refractivity contribution in [2.45, 2.75) is 31.8 Å². The summed E-state index contributed by atoms with van der Waals surface area (Å²) in [5, 5.41) is 3.33. The number of hydrogen-bond acceptors (Lipinski definition) is 3. The fourth-order valence-corrected chi connectivity index (χ4v) is 2.37. The molecule has 1 N–H and O–H groups in total. The summed E-state index contributed by atoms with van der Waals surface area (Å²) in [5.74, 6) is 0.314. The third-order valence-corrected chi connectivity index (χ3v) is 3.01. The third-order valence-electron chi connectivity index (χ3n) is 3.01. The number of carbonyl (C=O) groups is 1. The Bertz CT molecular complexity index is 193. The number of Topliss-reactive ketones (excluding diaryl/α,β-unsaturated/α-hetero) is 1. The highest BCUT2D eigenvalue weighted by Crippen LogP contribution is 2.22. The van der Waals surface area contributed by atoms with Crippen LogP contribution in [0.15, 0.2) is 0 Å². The van der Waals surface area contributed by atoms with Crippen LogP contribution in [-0.4, -0.2) is 42.4 Å². The maximum absolute atomic E-state index is 11.3. The van der Waals surface area contributed by atoms with Gasteiger partial charge in [0.1, 0.15) is 5.78 Å². The molecular weight excluding hydrogens is 152 g/mol. The molecular formula is C9H16N2O. The van der Waals surface area contributed by atoms with Gasteiger partial charge in [0.05, 0.1) is 6.04 Å². The Hall–Kier alpha value is -0.410. The summed E-state index contributed by atoms with van der Waals surface area (Å²) in [5.41, 5.74) is 0. The average Bonchev–Trinajstić information content (AvgIpc) is 2.49. The summed E-state index contributed by atoms with van der Waals surface area (Å²) in [6.07, 6.45) is 2.52. The molecule has 2 unspecified atom stereocenters. The predicted octanol–water partition coefficient (Wildman–Crippen LogP) is 0.0116. The minimum Gasteiger partial charge on any atom is -0.313 e. The van der Waals surface area contributed by atoms with E-state index in [4.69, 9.17) is 0 Å². The fraction of sp³-hybridized carbons (Fsp3) is 0.889. The van der Waals surface area contributed by atoms with Crippen molar-refractivity contribution in [3.8, 4) is 0 Å². The number of hydrogen-bond donors (Lipinski definition) is 1. The molecule has 12 heavy (non-hydrogen) atoms. The topological polar surface area (TPSA) is 32.3 Å². The van der Waals surface area contributed by atoms with Gasteiger partial charge >= 0.3 is 0 Å². The van der Waals surface area contributed by atoms with Gasteiger partial charge in [0, 0.05) is 19.1 Å². The monoisotopic (exact) mass is 168 g/mol. The zero-order valence-electron chi connectivity index (χ0n) is 7.55. The van der Waals surface area contributed by atoms with Crippen molar-refractivity contribution in [3.05, 3.63) is 0 Å². The summed E-state index contributed by atoms with van der Waals surface area (Å²) in [7, 11) is 0. The van der Waals surface area contributed by atoms with Crippen molar-refractivity contribution >= 4 is 5.78 Å². The molecule has 2 atom stereocenters. The van der Waals surface area contributed by atoms with Crippen LogP contribution in [0.4, 0.5) is 0 Å². The van der Waals surface area contributed by atoms with Crippen LogP contribution in [0, 0.1) is 0 Å². The van der Waals surface area contributed by atoms with Crippen molar-refractivity contribution < 1.29 is 4.79 Å². The van der Waals surface area contributed by atoms with Crippen LogP contribution in [0.1, 0.15) is 19.8 Å². The Morgan fingerprint density at radius 1 is 1.50 bits per heavy atom. The molecule has 2 saturated heterocycles. The van der Waals surface area contributed by atoms with Crippen molar-refractivity contribution in [1.29, 1.82) is 0 Å². The number of carbonyl (C=O) groups excluding carboxylic acids is 1. The van der Waals surface area contributed by atoms with Gasteiger partial charge in [-0.25, -0.2) is 0 Å². The molecule has 0 aromatic carbocycles. The molecule has 0 aromatic heterocycles. The van der Waals surface area contributed by atoms with Gasteiger partial charge in [-0.3, -0.25) is 9.69 Å². The summed E-state index contributed by atoms with van der Waals surface area (Å²) < 4.78 is 0. The average molecular weight is 168 g/mol. The first-order valence-electron chi connectivity index (χ1n) is 4.76. The van der Waals surface area contributed by atoms with Crippen molar-refractivity contribution in [2.24, 2.45) is 0 Å². The van der Waals surface area contributed by atoms with Gasteiger partial charge in [-0.05, 0) is 26.3 Å². The highest BCUT2D eigenvalue weighted by Gasteiger charge is 2.35. The van der Waals surface area contributed by atoms with Gasteiger partial charge in [-0.15, -0.1) is 0 Å². The molecule has 2 heterocycles. The molecule has 0 spiro atoms. The van der Waals surface area contributed by atoms with Gasteiger partial charge in [0.25, 0.3) is 0 Å². The Labute approximate surface area is 73.1 Å². The first-order chi connectivity index (χ1) is 5.79. The predicted molar refractivity (Wildman–Crippen MR) is 47.1 cm³/mol. The molecule has 2 aliphatic heterocycles. The SMILES string of the molecule is CC(=O)C1CNCC2CCCN21. The second-order valence-corrected chi connectivity index (χ2v) is 3.82. The lowest BCUT2D eigenvalue weighted by Crippen LogP contribution is -2.57. The molecule has 0 aliphatic carbocycles. The van der Waals surface area contributed by atoms with Gasteiger partial charge in [-0.1, -0.05) is 0 Å². The zero-order chi connectivity index (χ0) is 8.55. The maximum atomic E-state index is 11.3. The molecule has 2 fully saturated rings. The summed E-state index contributed by atoms with van der Waals surface area (Å²) in [4.78, 5) is 13.6. The molecule has 2 rings (SSSR count). The standard InChI is InChI=1S/C9H16N2O/c1-7(12)9-6-10-5-8-3-2-4-11(8)9/h8-10H,2-6H2,1H3. The van der Waals surface area contributed by atoms with E-state index in [-0.39, 0.29) is 6.04 Å².